The maximum atomic E-state index is 9.70. The fourth-order valence-electron chi connectivity index (χ4n) is 4.00. The zero-order valence-electron chi connectivity index (χ0n) is 12.3. The van der Waals surface area contributed by atoms with E-state index in [9.17, 15) is 10.3 Å². The number of hydrogen-bond donors (Lipinski definition) is 2. The van der Waals surface area contributed by atoms with Gasteiger partial charge in [-0.1, -0.05) is 11.2 Å². The molecule has 0 aliphatic heterocycles. The Morgan fingerprint density at radius 1 is 1.00 bits per heavy atom. The molecule has 112 valence electrons. The number of phenols is 1. The van der Waals surface area contributed by atoms with Crippen molar-refractivity contribution in [1.82, 2.24) is 0 Å². The Labute approximate surface area is 128 Å². The van der Waals surface area contributed by atoms with E-state index < -0.39 is 0 Å². The van der Waals surface area contributed by atoms with Gasteiger partial charge < -0.3 is 15.1 Å². The number of fused-ring (bicyclic) bond motifs is 2. The van der Waals surface area contributed by atoms with Gasteiger partial charge in [0.05, 0.1) is 12.8 Å². The highest BCUT2D eigenvalue weighted by molar-refractivity contribution is 6.09. The molecular weight excluding hydrogens is 278 g/mol. The fraction of sp³-hybridized carbons (Fsp3) is 0.278. The van der Waals surface area contributed by atoms with Crippen LogP contribution in [0.5, 0.6) is 11.5 Å². The van der Waals surface area contributed by atoms with Crippen LogP contribution in [0.3, 0.4) is 0 Å². The molecule has 1 spiro atoms. The first-order valence-electron chi connectivity index (χ1n) is 7.36. The van der Waals surface area contributed by atoms with Gasteiger partial charge in [0.1, 0.15) is 11.5 Å². The Bertz CT molecular complexity index is 797. The molecule has 0 saturated heterocycles. The van der Waals surface area contributed by atoms with Crippen LogP contribution >= 0.6 is 0 Å². The first kappa shape index (κ1) is 13.2. The molecular formula is C18H17NO3. The molecule has 0 heterocycles. The second-order valence-corrected chi connectivity index (χ2v) is 6.24. The first-order valence-corrected chi connectivity index (χ1v) is 7.36. The third-order valence-corrected chi connectivity index (χ3v) is 4.95. The summed E-state index contributed by atoms with van der Waals surface area (Å²) in [4.78, 5) is 0. The lowest BCUT2D eigenvalue weighted by molar-refractivity contribution is 0.307. The van der Waals surface area contributed by atoms with Gasteiger partial charge in [0.25, 0.3) is 0 Å². The molecule has 1 unspecified atom stereocenters. The number of aromatic hydroxyl groups is 1. The minimum Gasteiger partial charge on any atom is -0.508 e. The number of hydrogen-bond acceptors (Lipinski definition) is 4. The summed E-state index contributed by atoms with van der Waals surface area (Å²) in [7, 11) is 1.65. The number of oxime groups is 1. The zero-order valence-corrected chi connectivity index (χ0v) is 12.3. The van der Waals surface area contributed by atoms with Crippen LogP contribution in [0.4, 0.5) is 0 Å². The average Bonchev–Trinajstić information content (AvgIpc) is 3.01. The van der Waals surface area contributed by atoms with Crippen LogP contribution in [0.25, 0.3) is 0 Å². The van der Waals surface area contributed by atoms with E-state index >= 15 is 0 Å². The van der Waals surface area contributed by atoms with Crippen LogP contribution in [0.1, 0.15) is 22.3 Å². The van der Waals surface area contributed by atoms with Crippen LogP contribution < -0.4 is 4.74 Å². The standard InChI is InChI=1S/C18H17NO3/c1-22-15-4-5-16-13(7-15)10-18(17(16)19-21)8-11-2-3-14(20)6-12(11)9-18/h2-7,20-21H,8-10H2,1H3/b19-17+. The molecule has 0 fully saturated rings. The van der Waals surface area contributed by atoms with Gasteiger partial charge in [-0.05, 0) is 66.3 Å². The van der Waals surface area contributed by atoms with Gasteiger partial charge in [0, 0.05) is 11.0 Å². The molecule has 0 saturated carbocycles. The number of rotatable bonds is 1. The van der Waals surface area contributed by atoms with Crippen molar-refractivity contribution in [2.45, 2.75) is 19.3 Å². The maximum absolute atomic E-state index is 9.70. The van der Waals surface area contributed by atoms with E-state index in [1.54, 1.807) is 13.2 Å². The third-order valence-electron chi connectivity index (χ3n) is 4.95. The minimum atomic E-state index is -0.209. The largest absolute Gasteiger partial charge is 0.508 e. The van der Waals surface area contributed by atoms with E-state index in [2.05, 4.69) is 5.16 Å². The molecule has 0 radical (unpaired) electrons. The van der Waals surface area contributed by atoms with Crippen molar-refractivity contribution in [3.63, 3.8) is 0 Å². The average molecular weight is 295 g/mol. The van der Waals surface area contributed by atoms with E-state index in [1.807, 2.05) is 30.3 Å². The highest BCUT2D eigenvalue weighted by Crippen LogP contribution is 2.48. The molecule has 2 aliphatic rings. The SMILES string of the molecule is COc1ccc2c(c1)CC1(Cc3ccc(O)cc3C1)/C2=N/O. The maximum Gasteiger partial charge on any atom is 0.119 e. The van der Waals surface area contributed by atoms with Crippen molar-refractivity contribution in [3.05, 3.63) is 58.7 Å². The van der Waals surface area contributed by atoms with E-state index in [0.717, 1.165) is 47.4 Å². The smallest absolute Gasteiger partial charge is 0.119 e. The monoisotopic (exact) mass is 295 g/mol. The molecule has 2 aliphatic carbocycles. The second kappa shape index (κ2) is 4.50. The van der Waals surface area contributed by atoms with Crippen molar-refractivity contribution in [2.24, 2.45) is 10.6 Å². The van der Waals surface area contributed by atoms with E-state index in [4.69, 9.17) is 4.74 Å². The molecule has 2 aromatic rings. The number of benzene rings is 2. The van der Waals surface area contributed by atoms with E-state index in [1.165, 1.54) is 5.56 Å². The summed E-state index contributed by atoms with van der Waals surface area (Å²) in [5, 5.41) is 22.9. The molecule has 0 amide bonds. The van der Waals surface area contributed by atoms with Crippen LogP contribution in [0.15, 0.2) is 41.6 Å². The van der Waals surface area contributed by atoms with Crippen LogP contribution in [-0.4, -0.2) is 23.1 Å². The summed E-state index contributed by atoms with van der Waals surface area (Å²) in [5.41, 5.74) is 5.06. The minimum absolute atomic E-state index is 0.209. The summed E-state index contributed by atoms with van der Waals surface area (Å²) >= 11 is 0. The van der Waals surface area contributed by atoms with Gasteiger partial charge in [-0.2, -0.15) is 0 Å². The van der Waals surface area contributed by atoms with Gasteiger partial charge in [-0.15, -0.1) is 0 Å². The van der Waals surface area contributed by atoms with Crippen LogP contribution in [-0.2, 0) is 19.3 Å². The molecule has 4 heteroatoms. The van der Waals surface area contributed by atoms with E-state index in [0.29, 0.717) is 0 Å². The lowest BCUT2D eigenvalue weighted by atomic mass is 9.80. The van der Waals surface area contributed by atoms with Crippen molar-refractivity contribution in [1.29, 1.82) is 0 Å². The Hall–Kier alpha value is -2.49. The molecule has 1 atom stereocenters. The zero-order chi connectivity index (χ0) is 15.3. The summed E-state index contributed by atoms with van der Waals surface area (Å²) in [5.74, 6) is 1.11. The van der Waals surface area contributed by atoms with Gasteiger partial charge in [0.15, 0.2) is 0 Å². The first-order chi connectivity index (χ1) is 10.6. The van der Waals surface area contributed by atoms with Gasteiger partial charge >= 0.3 is 0 Å². The second-order valence-electron chi connectivity index (χ2n) is 6.24. The molecule has 0 bridgehead atoms. The van der Waals surface area contributed by atoms with Crippen LogP contribution in [0.2, 0.25) is 0 Å². The normalized spacial score (nSPS) is 23.8. The molecule has 4 nitrogen and oxygen atoms in total. The summed E-state index contributed by atoms with van der Waals surface area (Å²) < 4.78 is 5.30. The lowest BCUT2D eigenvalue weighted by Crippen LogP contribution is -2.29. The Morgan fingerprint density at radius 2 is 1.77 bits per heavy atom. The fourth-order valence-corrected chi connectivity index (χ4v) is 4.00. The predicted molar refractivity (Wildman–Crippen MR) is 83.0 cm³/mol. The summed E-state index contributed by atoms with van der Waals surface area (Å²) in [6.07, 6.45) is 2.44. The third kappa shape index (κ3) is 1.73. The van der Waals surface area contributed by atoms with Gasteiger partial charge in [0.2, 0.25) is 0 Å². The Morgan fingerprint density at radius 3 is 2.55 bits per heavy atom. The van der Waals surface area contributed by atoms with Gasteiger partial charge in [-0.25, -0.2) is 0 Å². The van der Waals surface area contributed by atoms with Crippen molar-refractivity contribution < 1.29 is 15.1 Å². The predicted octanol–water partition coefficient (Wildman–Crippen LogP) is 2.92. The summed E-state index contributed by atoms with van der Waals surface area (Å²) in [6.45, 7) is 0. The number of phenolic OH excluding ortho intramolecular Hbond substituents is 1. The number of methoxy groups -OCH3 is 1. The highest BCUT2D eigenvalue weighted by Gasteiger charge is 2.48. The summed E-state index contributed by atoms with van der Waals surface area (Å²) in [6, 6.07) is 11.4. The molecule has 0 aromatic heterocycles. The topological polar surface area (TPSA) is 62.0 Å². The van der Waals surface area contributed by atoms with Crippen molar-refractivity contribution in [3.8, 4) is 11.5 Å². The molecule has 2 N–H and O–H groups in total. The van der Waals surface area contributed by atoms with E-state index in [-0.39, 0.29) is 11.2 Å². The molecule has 2 aromatic carbocycles. The molecule has 22 heavy (non-hydrogen) atoms. The number of ether oxygens (including phenoxy) is 1. The van der Waals surface area contributed by atoms with Crippen molar-refractivity contribution in [2.75, 3.05) is 7.11 Å². The lowest BCUT2D eigenvalue weighted by Gasteiger charge is -2.22. The quantitative estimate of drug-likeness (QED) is 0.628. The number of nitrogens with zero attached hydrogens (tertiary/aromatic N) is 1. The highest BCUT2D eigenvalue weighted by atomic mass is 16.5. The van der Waals surface area contributed by atoms with Gasteiger partial charge in [-0.3, -0.25) is 0 Å². The Balaban J connectivity index is 1.79. The van der Waals surface area contributed by atoms with Crippen LogP contribution in [0, 0.1) is 5.41 Å². The Kier molecular flexibility index (Phi) is 2.70. The van der Waals surface area contributed by atoms with Crippen molar-refractivity contribution >= 4 is 5.71 Å². The molecule has 4 rings (SSSR count).